The van der Waals surface area contributed by atoms with Crippen LogP contribution in [0.2, 0.25) is 0 Å². The number of rotatable bonds is 6. The van der Waals surface area contributed by atoms with Gasteiger partial charge in [-0.15, -0.1) is 13.2 Å². The minimum Gasteiger partial charge on any atom is -0.491 e. The molecule has 1 aliphatic heterocycles. The van der Waals surface area contributed by atoms with Crippen molar-refractivity contribution in [2.75, 3.05) is 26.8 Å². The third-order valence-corrected chi connectivity index (χ3v) is 4.48. The molecule has 7 heteroatoms. The Labute approximate surface area is 138 Å². The second-order valence-electron chi connectivity index (χ2n) is 6.14. The van der Waals surface area contributed by atoms with Crippen molar-refractivity contribution in [1.82, 2.24) is 9.88 Å². The van der Waals surface area contributed by atoms with Gasteiger partial charge in [-0.3, -0.25) is 4.74 Å². The molecule has 2 aromatic rings. The number of likely N-dealkylation sites (N-methyl/N-ethyl adjacent to an activating group) is 1. The number of aromatic amines is 1. The standard InChI is InChI=1S/C17H21F3N2O2/c1-22-6-2-3-13(22)9-12-11-21-16-5-4-14(10-15(12)16)23-7-8-24-17(18,19)20/h4-5,10-11,13,21H,2-3,6-9H2,1H3/t13-/m1/s1. The van der Waals surface area contributed by atoms with E-state index in [4.69, 9.17) is 4.74 Å². The summed E-state index contributed by atoms with van der Waals surface area (Å²) in [5.74, 6) is 0.550. The second-order valence-corrected chi connectivity index (χ2v) is 6.14. The van der Waals surface area contributed by atoms with E-state index in [1.54, 1.807) is 6.07 Å². The van der Waals surface area contributed by atoms with Gasteiger partial charge >= 0.3 is 6.36 Å². The molecule has 1 aliphatic rings. The van der Waals surface area contributed by atoms with Crippen LogP contribution in [-0.2, 0) is 11.2 Å². The molecule has 0 saturated carbocycles. The van der Waals surface area contributed by atoms with Crippen molar-refractivity contribution in [2.24, 2.45) is 0 Å². The van der Waals surface area contributed by atoms with E-state index >= 15 is 0 Å². The topological polar surface area (TPSA) is 37.5 Å². The van der Waals surface area contributed by atoms with Crippen molar-refractivity contribution in [3.8, 4) is 5.75 Å². The first kappa shape index (κ1) is 17.1. The molecule has 24 heavy (non-hydrogen) atoms. The van der Waals surface area contributed by atoms with E-state index in [1.165, 1.54) is 18.4 Å². The van der Waals surface area contributed by atoms with Crippen LogP contribution >= 0.6 is 0 Å². The van der Waals surface area contributed by atoms with Crippen molar-refractivity contribution in [2.45, 2.75) is 31.7 Å². The Bertz CT molecular complexity index is 684. The maximum atomic E-state index is 11.9. The van der Waals surface area contributed by atoms with E-state index < -0.39 is 13.0 Å². The number of aromatic nitrogens is 1. The second kappa shape index (κ2) is 7.03. The fraction of sp³-hybridized carbons (Fsp3) is 0.529. The third kappa shape index (κ3) is 4.21. The number of ether oxygens (including phenoxy) is 2. The molecule has 1 aromatic carbocycles. The Morgan fingerprint density at radius 1 is 1.29 bits per heavy atom. The quantitative estimate of drug-likeness (QED) is 0.813. The molecule has 0 bridgehead atoms. The molecule has 3 rings (SSSR count). The fourth-order valence-corrected chi connectivity index (χ4v) is 3.22. The van der Waals surface area contributed by atoms with E-state index in [0.29, 0.717) is 11.8 Å². The zero-order valence-corrected chi connectivity index (χ0v) is 13.5. The number of benzene rings is 1. The van der Waals surface area contributed by atoms with Gasteiger partial charge in [0.05, 0.1) is 6.61 Å². The number of H-pyrrole nitrogens is 1. The highest BCUT2D eigenvalue weighted by Gasteiger charge is 2.28. The highest BCUT2D eigenvalue weighted by Crippen LogP contribution is 2.27. The summed E-state index contributed by atoms with van der Waals surface area (Å²) < 4.78 is 44.9. The molecule has 1 N–H and O–H groups in total. The summed E-state index contributed by atoms with van der Waals surface area (Å²) in [4.78, 5) is 5.61. The van der Waals surface area contributed by atoms with Crippen molar-refractivity contribution in [3.63, 3.8) is 0 Å². The van der Waals surface area contributed by atoms with E-state index in [0.717, 1.165) is 23.9 Å². The van der Waals surface area contributed by atoms with Gasteiger partial charge < -0.3 is 14.6 Å². The van der Waals surface area contributed by atoms with Crippen LogP contribution in [0.4, 0.5) is 13.2 Å². The summed E-state index contributed by atoms with van der Waals surface area (Å²) >= 11 is 0. The molecule has 0 unspecified atom stereocenters. The van der Waals surface area contributed by atoms with Crippen LogP contribution in [0.5, 0.6) is 5.75 Å². The lowest BCUT2D eigenvalue weighted by molar-refractivity contribution is -0.325. The van der Waals surface area contributed by atoms with E-state index in [-0.39, 0.29) is 6.61 Å². The number of halogens is 3. The van der Waals surface area contributed by atoms with Gasteiger partial charge in [-0.2, -0.15) is 0 Å². The summed E-state index contributed by atoms with van der Waals surface area (Å²) in [5.41, 5.74) is 2.21. The maximum absolute atomic E-state index is 11.9. The van der Waals surface area contributed by atoms with E-state index in [1.807, 2.05) is 18.3 Å². The lowest BCUT2D eigenvalue weighted by Crippen LogP contribution is -2.26. The average molecular weight is 342 g/mol. The summed E-state index contributed by atoms with van der Waals surface area (Å²) in [6.07, 6.45) is 0.754. The van der Waals surface area contributed by atoms with Crippen LogP contribution in [-0.4, -0.2) is 49.1 Å². The first-order valence-corrected chi connectivity index (χ1v) is 8.06. The van der Waals surface area contributed by atoms with Crippen LogP contribution in [0.1, 0.15) is 18.4 Å². The number of nitrogens with one attached hydrogen (secondary N) is 1. The Kier molecular flexibility index (Phi) is 5.01. The van der Waals surface area contributed by atoms with Gasteiger partial charge in [-0.25, -0.2) is 0 Å². The lowest BCUT2D eigenvalue weighted by atomic mass is 10.0. The molecule has 0 spiro atoms. The van der Waals surface area contributed by atoms with Gasteiger partial charge in [0.2, 0.25) is 0 Å². The molecule has 0 amide bonds. The number of fused-ring (bicyclic) bond motifs is 1. The number of nitrogens with zero attached hydrogens (tertiary/aromatic N) is 1. The zero-order valence-electron chi connectivity index (χ0n) is 13.5. The molecule has 132 valence electrons. The molecular formula is C17H21F3N2O2. The van der Waals surface area contributed by atoms with Gasteiger partial charge in [0.25, 0.3) is 0 Å². The summed E-state index contributed by atoms with van der Waals surface area (Å²) in [5, 5.41) is 1.06. The lowest BCUT2D eigenvalue weighted by Gasteiger charge is -2.18. The Hall–Kier alpha value is -1.73. The summed E-state index contributed by atoms with van der Waals surface area (Å²) in [7, 11) is 2.14. The highest BCUT2D eigenvalue weighted by molar-refractivity contribution is 5.84. The Morgan fingerprint density at radius 3 is 2.83 bits per heavy atom. The Morgan fingerprint density at radius 2 is 2.12 bits per heavy atom. The largest absolute Gasteiger partial charge is 0.522 e. The van der Waals surface area contributed by atoms with Crippen LogP contribution in [0.25, 0.3) is 10.9 Å². The minimum atomic E-state index is -4.62. The van der Waals surface area contributed by atoms with Crippen LogP contribution < -0.4 is 4.74 Å². The number of alkyl halides is 3. The predicted octanol–water partition coefficient (Wildman–Crippen LogP) is 3.72. The highest BCUT2D eigenvalue weighted by atomic mass is 19.4. The smallest absolute Gasteiger partial charge is 0.491 e. The fourth-order valence-electron chi connectivity index (χ4n) is 3.22. The first-order valence-electron chi connectivity index (χ1n) is 8.06. The number of likely N-dealkylation sites (tertiary alicyclic amines) is 1. The summed E-state index contributed by atoms with van der Waals surface area (Å²) in [6.45, 7) is 0.463. The normalized spacial score (nSPS) is 19.2. The zero-order chi connectivity index (χ0) is 17.2. The molecule has 0 radical (unpaired) electrons. The van der Waals surface area contributed by atoms with Gasteiger partial charge in [-0.05, 0) is 56.6 Å². The average Bonchev–Trinajstić information content (AvgIpc) is 3.10. The molecule has 4 nitrogen and oxygen atoms in total. The molecule has 1 fully saturated rings. The van der Waals surface area contributed by atoms with Crippen molar-refractivity contribution < 1.29 is 22.6 Å². The molecular weight excluding hydrogens is 321 g/mol. The van der Waals surface area contributed by atoms with Gasteiger partial charge in [-0.1, -0.05) is 0 Å². The number of hydrogen-bond donors (Lipinski definition) is 1. The molecule has 0 aliphatic carbocycles. The van der Waals surface area contributed by atoms with E-state index in [9.17, 15) is 13.2 Å². The minimum absolute atomic E-state index is 0.143. The molecule has 1 aromatic heterocycles. The van der Waals surface area contributed by atoms with Crippen molar-refractivity contribution in [1.29, 1.82) is 0 Å². The van der Waals surface area contributed by atoms with Crippen LogP contribution in [0, 0.1) is 0 Å². The van der Waals surface area contributed by atoms with Gasteiger partial charge in [0.1, 0.15) is 12.4 Å². The van der Waals surface area contributed by atoms with Crippen molar-refractivity contribution >= 4 is 10.9 Å². The molecule has 1 saturated heterocycles. The molecule has 2 heterocycles. The molecule has 1 atom stereocenters. The summed E-state index contributed by atoms with van der Waals surface area (Å²) in [6, 6.07) is 6.05. The Balaban J connectivity index is 1.65. The van der Waals surface area contributed by atoms with E-state index in [2.05, 4.69) is 21.7 Å². The van der Waals surface area contributed by atoms with Gasteiger partial charge in [0, 0.05) is 23.1 Å². The van der Waals surface area contributed by atoms with Crippen molar-refractivity contribution in [3.05, 3.63) is 30.0 Å². The predicted molar refractivity (Wildman–Crippen MR) is 85.2 cm³/mol. The van der Waals surface area contributed by atoms with Crippen LogP contribution in [0.15, 0.2) is 24.4 Å². The maximum Gasteiger partial charge on any atom is 0.522 e. The number of hydrogen-bond acceptors (Lipinski definition) is 3. The van der Waals surface area contributed by atoms with Gasteiger partial charge in [0.15, 0.2) is 0 Å². The monoisotopic (exact) mass is 342 g/mol. The third-order valence-electron chi connectivity index (χ3n) is 4.48. The SMILES string of the molecule is CN1CCC[C@@H]1Cc1c[nH]c2ccc(OCCOC(F)(F)F)cc12. The first-order chi connectivity index (χ1) is 11.4. The van der Waals surface area contributed by atoms with Crippen LogP contribution in [0.3, 0.4) is 0 Å².